The average molecular weight is 383 g/mol. The lowest BCUT2D eigenvalue weighted by Gasteiger charge is -2.24. The number of aromatic nitrogens is 2. The Morgan fingerprint density at radius 2 is 1.85 bits per heavy atom. The summed E-state index contributed by atoms with van der Waals surface area (Å²) in [5.74, 6) is 0.512. The zero-order chi connectivity index (χ0) is 19.2. The largest absolute Gasteiger partial charge is 0.383 e. The molecule has 27 heavy (non-hydrogen) atoms. The number of anilines is 1. The van der Waals surface area contributed by atoms with Crippen molar-refractivity contribution in [1.29, 1.82) is 0 Å². The second-order valence-electron chi connectivity index (χ2n) is 7.13. The third-order valence-corrected chi connectivity index (χ3v) is 6.23. The minimum Gasteiger partial charge on any atom is -0.383 e. The minimum absolute atomic E-state index is 0.237. The maximum atomic E-state index is 11.9. The molecule has 1 aliphatic heterocycles. The topological polar surface area (TPSA) is 83.4 Å². The van der Waals surface area contributed by atoms with E-state index in [1.807, 2.05) is 42.2 Å². The number of sulfone groups is 1. The number of hydrogen-bond donors (Lipinski definition) is 1. The van der Waals surface area contributed by atoms with Gasteiger partial charge in [-0.1, -0.05) is 30.3 Å². The molecule has 1 fully saturated rings. The Morgan fingerprint density at radius 1 is 1.11 bits per heavy atom. The fraction of sp³-hybridized carbons (Fsp3) is 0.300. The van der Waals surface area contributed by atoms with E-state index in [9.17, 15) is 13.5 Å². The van der Waals surface area contributed by atoms with Gasteiger partial charge in [-0.25, -0.2) is 18.4 Å². The normalized spacial score (nSPS) is 20.3. The summed E-state index contributed by atoms with van der Waals surface area (Å²) in [5, 5.41) is 11.9. The first-order chi connectivity index (χ1) is 12.8. The molecule has 4 rings (SSSR count). The summed E-state index contributed by atoms with van der Waals surface area (Å²) < 4.78 is 23.7. The minimum atomic E-state index is -3.31. The van der Waals surface area contributed by atoms with Gasteiger partial charge in [-0.2, -0.15) is 0 Å². The zero-order valence-electron chi connectivity index (χ0n) is 15.3. The van der Waals surface area contributed by atoms with E-state index in [1.54, 1.807) is 18.2 Å². The summed E-state index contributed by atoms with van der Waals surface area (Å²) in [7, 11) is -3.31. The number of β-amino-alcohol motifs (C(OH)–C–C–N with tert-alkyl or cyclic N) is 1. The van der Waals surface area contributed by atoms with E-state index in [2.05, 4.69) is 9.97 Å². The van der Waals surface area contributed by atoms with Gasteiger partial charge < -0.3 is 10.0 Å². The maximum absolute atomic E-state index is 11.9. The number of rotatable bonds is 3. The van der Waals surface area contributed by atoms with Crippen LogP contribution in [0.25, 0.3) is 10.9 Å². The Kier molecular flexibility index (Phi) is 4.16. The van der Waals surface area contributed by atoms with Crippen molar-refractivity contribution in [3.63, 3.8) is 0 Å². The highest BCUT2D eigenvalue weighted by Gasteiger charge is 2.38. The van der Waals surface area contributed by atoms with E-state index in [0.29, 0.717) is 31.0 Å². The van der Waals surface area contributed by atoms with E-state index < -0.39 is 15.4 Å². The first kappa shape index (κ1) is 17.9. The Labute approximate surface area is 158 Å². The molecule has 0 aliphatic carbocycles. The van der Waals surface area contributed by atoms with E-state index in [0.717, 1.165) is 16.6 Å². The smallest absolute Gasteiger partial charge is 0.226 e. The van der Waals surface area contributed by atoms with Crippen molar-refractivity contribution in [1.82, 2.24) is 9.97 Å². The van der Waals surface area contributed by atoms with Gasteiger partial charge in [0.15, 0.2) is 9.84 Å². The molecule has 0 radical (unpaired) electrons. The zero-order valence-corrected chi connectivity index (χ0v) is 16.1. The van der Waals surface area contributed by atoms with Gasteiger partial charge in [-0.3, -0.25) is 0 Å². The van der Waals surface area contributed by atoms with Crippen molar-refractivity contribution < 1.29 is 13.5 Å². The van der Waals surface area contributed by atoms with Gasteiger partial charge in [0.25, 0.3) is 0 Å². The SMILES string of the molecule is Cc1nc(N2CCC(O)(c3ccccc3)C2)nc2cc(S(C)(=O)=O)ccc12. The molecule has 0 spiro atoms. The number of benzene rings is 2. The van der Waals surface area contributed by atoms with Gasteiger partial charge in [0.1, 0.15) is 5.60 Å². The lowest BCUT2D eigenvalue weighted by molar-refractivity contribution is 0.0606. The Hall–Kier alpha value is -2.51. The summed E-state index contributed by atoms with van der Waals surface area (Å²) in [6.07, 6.45) is 1.77. The number of aryl methyl sites for hydroxylation is 1. The molecular formula is C20H21N3O3S. The van der Waals surface area contributed by atoms with Crippen LogP contribution in [0.2, 0.25) is 0 Å². The van der Waals surface area contributed by atoms with Crippen LogP contribution in [0, 0.1) is 6.92 Å². The third-order valence-electron chi connectivity index (χ3n) is 5.12. The van der Waals surface area contributed by atoms with Crippen LogP contribution in [-0.2, 0) is 15.4 Å². The van der Waals surface area contributed by atoms with Crippen molar-refractivity contribution in [2.45, 2.75) is 23.8 Å². The standard InChI is InChI=1S/C20H21N3O3S/c1-14-17-9-8-16(27(2,25)26)12-18(17)22-19(21-14)23-11-10-20(24,13-23)15-6-4-3-5-7-15/h3-9,12,24H,10-11,13H2,1-2H3. The van der Waals surface area contributed by atoms with Crippen LogP contribution in [-0.4, -0.2) is 42.8 Å². The predicted octanol–water partition coefficient (Wildman–Crippen LogP) is 2.44. The van der Waals surface area contributed by atoms with Crippen LogP contribution in [0.5, 0.6) is 0 Å². The van der Waals surface area contributed by atoms with Crippen LogP contribution in [0.1, 0.15) is 17.7 Å². The molecular weight excluding hydrogens is 362 g/mol. The molecule has 3 aromatic rings. The molecule has 0 saturated carbocycles. The van der Waals surface area contributed by atoms with E-state index >= 15 is 0 Å². The molecule has 1 aromatic heterocycles. The fourth-order valence-electron chi connectivity index (χ4n) is 3.57. The van der Waals surface area contributed by atoms with Gasteiger partial charge in [-0.15, -0.1) is 0 Å². The average Bonchev–Trinajstić information content (AvgIpc) is 3.05. The number of fused-ring (bicyclic) bond motifs is 1. The quantitative estimate of drug-likeness (QED) is 0.748. The van der Waals surface area contributed by atoms with Gasteiger partial charge in [0.2, 0.25) is 5.95 Å². The molecule has 1 atom stereocenters. The van der Waals surface area contributed by atoms with Gasteiger partial charge >= 0.3 is 0 Å². The highest BCUT2D eigenvalue weighted by Crippen LogP contribution is 2.34. The molecule has 0 amide bonds. The summed E-state index contributed by atoms with van der Waals surface area (Å²) in [4.78, 5) is 11.4. The monoisotopic (exact) mass is 383 g/mol. The first-order valence-electron chi connectivity index (χ1n) is 8.78. The van der Waals surface area contributed by atoms with Crippen molar-refractivity contribution in [2.24, 2.45) is 0 Å². The Bertz CT molecular complexity index is 1120. The van der Waals surface area contributed by atoms with Crippen molar-refractivity contribution >= 4 is 26.7 Å². The molecule has 1 aliphatic rings. The van der Waals surface area contributed by atoms with Crippen molar-refractivity contribution in [3.8, 4) is 0 Å². The molecule has 7 heteroatoms. The van der Waals surface area contributed by atoms with Crippen molar-refractivity contribution in [2.75, 3.05) is 24.2 Å². The molecule has 140 valence electrons. The second-order valence-corrected chi connectivity index (χ2v) is 9.15. The lowest BCUT2D eigenvalue weighted by Crippen LogP contribution is -2.31. The number of nitrogens with zero attached hydrogens (tertiary/aromatic N) is 3. The van der Waals surface area contributed by atoms with Crippen LogP contribution in [0.4, 0.5) is 5.95 Å². The molecule has 1 saturated heterocycles. The molecule has 1 N–H and O–H groups in total. The molecule has 0 bridgehead atoms. The molecule has 2 heterocycles. The van der Waals surface area contributed by atoms with Gasteiger partial charge in [0, 0.05) is 18.2 Å². The van der Waals surface area contributed by atoms with E-state index in [4.69, 9.17) is 0 Å². The summed E-state index contributed by atoms with van der Waals surface area (Å²) >= 11 is 0. The molecule has 6 nitrogen and oxygen atoms in total. The third kappa shape index (κ3) is 3.28. The number of aliphatic hydroxyl groups is 1. The Balaban J connectivity index is 1.72. The summed E-state index contributed by atoms with van der Waals surface area (Å²) in [6.45, 7) is 2.91. The summed E-state index contributed by atoms with van der Waals surface area (Å²) in [6, 6.07) is 14.5. The second kappa shape index (κ2) is 6.28. The van der Waals surface area contributed by atoms with Gasteiger partial charge in [0.05, 0.1) is 22.7 Å². The molecule has 2 aromatic carbocycles. The van der Waals surface area contributed by atoms with Crippen LogP contribution < -0.4 is 4.90 Å². The number of hydrogen-bond acceptors (Lipinski definition) is 6. The van der Waals surface area contributed by atoms with Gasteiger partial charge in [-0.05, 0) is 37.1 Å². The lowest BCUT2D eigenvalue weighted by atomic mass is 9.93. The van der Waals surface area contributed by atoms with Crippen LogP contribution >= 0.6 is 0 Å². The highest BCUT2D eigenvalue weighted by molar-refractivity contribution is 7.90. The fourth-order valence-corrected chi connectivity index (χ4v) is 4.21. The van der Waals surface area contributed by atoms with Crippen LogP contribution in [0.3, 0.4) is 0 Å². The first-order valence-corrected chi connectivity index (χ1v) is 10.7. The highest BCUT2D eigenvalue weighted by atomic mass is 32.2. The van der Waals surface area contributed by atoms with E-state index in [-0.39, 0.29) is 4.90 Å². The maximum Gasteiger partial charge on any atom is 0.226 e. The van der Waals surface area contributed by atoms with Crippen molar-refractivity contribution in [3.05, 3.63) is 59.8 Å². The molecule has 1 unspecified atom stereocenters. The van der Waals surface area contributed by atoms with E-state index in [1.165, 1.54) is 6.26 Å². The van der Waals surface area contributed by atoms with Crippen LogP contribution in [0.15, 0.2) is 53.4 Å². The Morgan fingerprint density at radius 3 is 2.56 bits per heavy atom. The predicted molar refractivity (Wildman–Crippen MR) is 105 cm³/mol. The summed E-state index contributed by atoms with van der Waals surface area (Å²) in [5.41, 5.74) is 1.31.